The summed E-state index contributed by atoms with van der Waals surface area (Å²) in [4.78, 5) is 4.16. The molecule has 0 radical (unpaired) electrons. The molecule has 0 atom stereocenters. The van der Waals surface area contributed by atoms with Gasteiger partial charge in [-0.2, -0.15) is 5.10 Å². The second kappa shape index (κ2) is 5.44. The van der Waals surface area contributed by atoms with Crippen molar-refractivity contribution in [2.75, 3.05) is 5.32 Å². The lowest BCUT2D eigenvalue weighted by atomic mass is 10.3. The molecule has 0 amide bonds. The summed E-state index contributed by atoms with van der Waals surface area (Å²) in [7, 11) is 1.86. The molecule has 0 spiro atoms. The molecule has 4 rings (SSSR count). The van der Waals surface area contributed by atoms with E-state index in [4.69, 9.17) is 8.83 Å². The van der Waals surface area contributed by atoms with Gasteiger partial charge in [-0.3, -0.25) is 5.10 Å². The highest BCUT2D eigenvalue weighted by Gasteiger charge is 2.13. The maximum Gasteiger partial charge on any atom is 0.316 e. The molecular formula is C14H13N7O2. The SMILES string of the molecule is Cn1ccnc1-c1nnc(NCc2ccc(-c3ccn[nH]3)o2)o1. The van der Waals surface area contributed by atoms with E-state index in [-0.39, 0.29) is 0 Å². The first kappa shape index (κ1) is 13.3. The number of aromatic amines is 1. The van der Waals surface area contributed by atoms with Crippen molar-refractivity contribution < 1.29 is 8.83 Å². The summed E-state index contributed by atoms with van der Waals surface area (Å²) in [6.45, 7) is 0.427. The molecule has 0 saturated heterocycles. The molecule has 4 aromatic rings. The Hall–Kier alpha value is -3.36. The van der Waals surface area contributed by atoms with Gasteiger partial charge in [0.25, 0.3) is 5.89 Å². The number of hydrogen-bond acceptors (Lipinski definition) is 7. The van der Waals surface area contributed by atoms with Gasteiger partial charge in [-0.15, -0.1) is 5.10 Å². The lowest BCUT2D eigenvalue weighted by Gasteiger charge is -1.98. The van der Waals surface area contributed by atoms with Gasteiger partial charge in [0.05, 0.1) is 6.54 Å². The van der Waals surface area contributed by atoms with Crippen LogP contribution in [0.5, 0.6) is 0 Å². The predicted octanol–water partition coefficient (Wildman–Crippen LogP) is 2.07. The fourth-order valence-electron chi connectivity index (χ4n) is 2.13. The molecule has 4 aromatic heterocycles. The van der Waals surface area contributed by atoms with E-state index < -0.39 is 0 Å². The van der Waals surface area contributed by atoms with Crippen molar-refractivity contribution >= 4 is 6.01 Å². The quantitative estimate of drug-likeness (QED) is 0.580. The van der Waals surface area contributed by atoms with Crippen molar-refractivity contribution in [3.05, 3.63) is 42.5 Å². The number of imidazole rings is 1. The van der Waals surface area contributed by atoms with E-state index in [1.54, 1.807) is 17.0 Å². The van der Waals surface area contributed by atoms with Crippen LogP contribution in [0.3, 0.4) is 0 Å². The van der Waals surface area contributed by atoms with Crippen LogP contribution in [0.15, 0.2) is 45.6 Å². The number of anilines is 1. The van der Waals surface area contributed by atoms with Crippen LogP contribution in [-0.4, -0.2) is 29.9 Å². The van der Waals surface area contributed by atoms with Crippen LogP contribution in [0.25, 0.3) is 23.2 Å². The zero-order chi connectivity index (χ0) is 15.6. The Kier molecular flexibility index (Phi) is 3.15. The van der Waals surface area contributed by atoms with E-state index >= 15 is 0 Å². The smallest absolute Gasteiger partial charge is 0.316 e. The number of hydrogen-bond donors (Lipinski definition) is 2. The topological polar surface area (TPSA) is 111 Å². The van der Waals surface area contributed by atoms with Gasteiger partial charge < -0.3 is 18.7 Å². The summed E-state index contributed by atoms with van der Waals surface area (Å²) in [5.74, 6) is 2.44. The molecule has 0 bridgehead atoms. The monoisotopic (exact) mass is 311 g/mol. The maximum absolute atomic E-state index is 5.71. The Balaban J connectivity index is 1.44. The molecule has 9 heteroatoms. The molecule has 0 aromatic carbocycles. The van der Waals surface area contributed by atoms with E-state index in [2.05, 4.69) is 30.7 Å². The molecule has 0 aliphatic heterocycles. The zero-order valence-corrected chi connectivity index (χ0v) is 12.2. The Bertz CT molecular complexity index is 903. The average Bonchev–Trinajstić information content (AvgIpc) is 3.32. The van der Waals surface area contributed by atoms with E-state index in [0.29, 0.717) is 24.3 Å². The van der Waals surface area contributed by atoms with Gasteiger partial charge in [-0.1, -0.05) is 5.10 Å². The molecule has 0 unspecified atom stereocenters. The summed E-state index contributed by atoms with van der Waals surface area (Å²) in [5.41, 5.74) is 0.825. The van der Waals surface area contributed by atoms with Gasteiger partial charge in [-0.05, 0) is 18.2 Å². The molecule has 23 heavy (non-hydrogen) atoms. The first-order valence-corrected chi connectivity index (χ1v) is 6.93. The minimum Gasteiger partial charge on any atom is -0.458 e. The van der Waals surface area contributed by atoms with Gasteiger partial charge in [-0.25, -0.2) is 4.98 Å². The number of rotatable bonds is 5. The molecule has 4 heterocycles. The van der Waals surface area contributed by atoms with Crippen LogP contribution < -0.4 is 5.32 Å². The van der Waals surface area contributed by atoms with Crippen LogP contribution in [0.4, 0.5) is 6.01 Å². The predicted molar refractivity (Wildman–Crippen MR) is 80.1 cm³/mol. The van der Waals surface area contributed by atoms with Crippen LogP contribution >= 0.6 is 0 Å². The molecule has 0 saturated carbocycles. The number of aryl methyl sites for hydroxylation is 1. The summed E-state index contributed by atoms with van der Waals surface area (Å²) in [5, 5.41) is 17.7. The fourth-order valence-corrected chi connectivity index (χ4v) is 2.13. The summed E-state index contributed by atoms with van der Waals surface area (Å²) in [6.07, 6.45) is 5.16. The normalized spacial score (nSPS) is 11.0. The minimum absolute atomic E-state index is 0.308. The third-order valence-corrected chi connectivity index (χ3v) is 3.28. The second-order valence-electron chi connectivity index (χ2n) is 4.86. The van der Waals surface area contributed by atoms with E-state index in [1.165, 1.54) is 0 Å². The molecule has 0 aliphatic rings. The van der Waals surface area contributed by atoms with Gasteiger partial charge in [0.1, 0.15) is 11.5 Å². The number of nitrogens with zero attached hydrogens (tertiary/aromatic N) is 5. The van der Waals surface area contributed by atoms with Crippen LogP contribution in [0, 0.1) is 0 Å². The Morgan fingerprint density at radius 1 is 1.17 bits per heavy atom. The van der Waals surface area contributed by atoms with Crippen molar-refractivity contribution in [2.24, 2.45) is 7.05 Å². The molecular weight excluding hydrogens is 298 g/mol. The highest BCUT2D eigenvalue weighted by molar-refractivity contribution is 5.51. The van der Waals surface area contributed by atoms with Crippen LogP contribution in [-0.2, 0) is 13.6 Å². The van der Waals surface area contributed by atoms with Gasteiger partial charge >= 0.3 is 6.01 Å². The Labute approximate surface area is 130 Å². The first-order valence-electron chi connectivity index (χ1n) is 6.93. The van der Waals surface area contributed by atoms with Crippen LogP contribution in [0.2, 0.25) is 0 Å². The van der Waals surface area contributed by atoms with Gasteiger partial charge in [0, 0.05) is 25.6 Å². The molecule has 0 aliphatic carbocycles. The number of aromatic nitrogens is 6. The summed E-state index contributed by atoms with van der Waals surface area (Å²) in [6, 6.07) is 5.90. The van der Waals surface area contributed by atoms with E-state index in [9.17, 15) is 0 Å². The maximum atomic E-state index is 5.71. The first-order chi connectivity index (χ1) is 11.3. The van der Waals surface area contributed by atoms with Crippen molar-refractivity contribution in [1.82, 2.24) is 29.9 Å². The van der Waals surface area contributed by atoms with Crippen molar-refractivity contribution in [3.8, 4) is 23.2 Å². The fraction of sp³-hybridized carbons (Fsp3) is 0.143. The van der Waals surface area contributed by atoms with Crippen molar-refractivity contribution in [1.29, 1.82) is 0 Å². The minimum atomic E-state index is 0.308. The largest absolute Gasteiger partial charge is 0.458 e. The molecule has 116 valence electrons. The average molecular weight is 311 g/mol. The third-order valence-electron chi connectivity index (χ3n) is 3.28. The van der Waals surface area contributed by atoms with Gasteiger partial charge in [0.2, 0.25) is 0 Å². The van der Waals surface area contributed by atoms with Gasteiger partial charge in [0.15, 0.2) is 11.6 Å². The van der Waals surface area contributed by atoms with Crippen molar-refractivity contribution in [3.63, 3.8) is 0 Å². The molecule has 2 N–H and O–H groups in total. The van der Waals surface area contributed by atoms with Crippen LogP contribution in [0.1, 0.15) is 5.76 Å². The van der Waals surface area contributed by atoms with E-state index in [1.807, 2.05) is 31.4 Å². The second-order valence-corrected chi connectivity index (χ2v) is 4.86. The Morgan fingerprint density at radius 3 is 2.91 bits per heavy atom. The standard InChI is InChI=1S/C14H13N7O2/c1-21-7-6-15-12(21)13-19-20-14(23-13)16-8-9-2-3-11(22-9)10-4-5-17-18-10/h2-7H,8H2,1H3,(H,16,20)(H,17,18). The number of furan rings is 1. The van der Waals surface area contributed by atoms with E-state index in [0.717, 1.165) is 17.2 Å². The lowest BCUT2D eigenvalue weighted by molar-refractivity contribution is 0.520. The third kappa shape index (κ3) is 2.59. The van der Waals surface area contributed by atoms with Crippen molar-refractivity contribution in [2.45, 2.75) is 6.54 Å². The highest BCUT2D eigenvalue weighted by Crippen LogP contribution is 2.21. The Morgan fingerprint density at radius 2 is 2.13 bits per heavy atom. The molecule has 0 fully saturated rings. The lowest BCUT2D eigenvalue weighted by Crippen LogP contribution is -1.98. The number of H-pyrrole nitrogens is 1. The molecule has 9 nitrogen and oxygen atoms in total. The summed E-state index contributed by atoms with van der Waals surface area (Å²) < 4.78 is 13.0. The zero-order valence-electron chi connectivity index (χ0n) is 12.2. The highest BCUT2D eigenvalue weighted by atomic mass is 16.4. The summed E-state index contributed by atoms with van der Waals surface area (Å²) >= 11 is 0. The number of nitrogens with one attached hydrogen (secondary N) is 2.